The fourth-order valence-corrected chi connectivity index (χ4v) is 2.52. The average Bonchev–Trinajstić information content (AvgIpc) is 2.40. The summed E-state index contributed by atoms with van der Waals surface area (Å²) in [7, 11) is 0. The molecular weight excluding hydrogens is 312 g/mol. The molecule has 18 heavy (non-hydrogen) atoms. The van der Waals surface area contributed by atoms with Crippen molar-refractivity contribution in [3.63, 3.8) is 0 Å². The first kappa shape index (κ1) is 13.6. The Hall–Kier alpha value is -0.870. The smallest absolute Gasteiger partial charge is 0.0515 e. The Balaban J connectivity index is 2.26. The maximum absolute atomic E-state index is 6.22. The first-order valence-electron chi connectivity index (χ1n) is 5.65. The van der Waals surface area contributed by atoms with E-state index in [1.807, 2.05) is 36.4 Å². The predicted molar refractivity (Wildman–Crippen MR) is 79.4 cm³/mol. The lowest BCUT2D eigenvalue weighted by atomic mass is 9.99. The van der Waals surface area contributed by atoms with E-state index < -0.39 is 0 Å². The van der Waals surface area contributed by atoms with Crippen molar-refractivity contribution in [2.75, 3.05) is 0 Å². The van der Waals surface area contributed by atoms with Crippen molar-refractivity contribution in [3.8, 4) is 0 Å². The van der Waals surface area contributed by atoms with Gasteiger partial charge in [-0.15, -0.1) is 0 Å². The zero-order valence-electron chi connectivity index (χ0n) is 9.74. The van der Waals surface area contributed by atoms with Gasteiger partial charge >= 0.3 is 0 Å². The van der Waals surface area contributed by atoms with E-state index in [1.54, 1.807) is 0 Å². The normalized spacial score (nSPS) is 12.4. The maximum Gasteiger partial charge on any atom is 0.0515 e. The number of hydrazine groups is 1. The van der Waals surface area contributed by atoms with Gasteiger partial charge in [0, 0.05) is 9.50 Å². The number of halogens is 2. The van der Waals surface area contributed by atoms with Gasteiger partial charge in [0.25, 0.3) is 0 Å². The number of benzene rings is 2. The number of hydrogen-bond acceptors (Lipinski definition) is 2. The SMILES string of the molecule is NNC(Cc1ccccc1)c1cc(Br)ccc1Cl. The molecule has 2 aromatic carbocycles. The molecule has 0 aliphatic rings. The molecule has 0 saturated heterocycles. The Labute approximate surface area is 120 Å². The van der Waals surface area contributed by atoms with Crippen molar-refractivity contribution < 1.29 is 0 Å². The minimum atomic E-state index is -0.00241. The Kier molecular flexibility index (Phi) is 4.78. The monoisotopic (exact) mass is 324 g/mol. The van der Waals surface area contributed by atoms with Crippen LogP contribution in [0.5, 0.6) is 0 Å². The van der Waals surface area contributed by atoms with Gasteiger partial charge in [-0.05, 0) is 35.7 Å². The van der Waals surface area contributed by atoms with Crippen LogP contribution in [0.1, 0.15) is 17.2 Å². The van der Waals surface area contributed by atoms with Gasteiger partial charge in [-0.25, -0.2) is 0 Å². The van der Waals surface area contributed by atoms with Gasteiger partial charge in [0.15, 0.2) is 0 Å². The second-order valence-corrected chi connectivity index (χ2v) is 5.40. The van der Waals surface area contributed by atoms with Crippen molar-refractivity contribution in [1.29, 1.82) is 0 Å². The largest absolute Gasteiger partial charge is 0.271 e. The highest BCUT2D eigenvalue weighted by molar-refractivity contribution is 9.10. The van der Waals surface area contributed by atoms with Crippen molar-refractivity contribution >= 4 is 27.5 Å². The molecule has 0 aliphatic heterocycles. The summed E-state index contributed by atoms with van der Waals surface area (Å²) >= 11 is 9.67. The number of rotatable bonds is 4. The molecule has 0 fully saturated rings. The van der Waals surface area contributed by atoms with E-state index in [9.17, 15) is 0 Å². The molecular formula is C14H14BrClN2. The lowest BCUT2D eigenvalue weighted by Crippen LogP contribution is -2.29. The second kappa shape index (κ2) is 6.34. The fraction of sp³-hybridized carbons (Fsp3) is 0.143. The highest BCUT2D eigenvalue weighted by atomic mass is 79.9. The van der Waals surface area contributed by atoms with E-state index in [-0.39, 0.29) is 6.04 Å². The molecule has 2 nitrogen and oxygen atoms in total. The summed E-state index contributed by atoms with van der Waals surface area (Å²) < 4.78 is 0.996. The van der Waals surface area contributed by atoms with Crippen LogP contribution in [0.3, 0.4) is 0 Å². The lowest BCUT2D eigenvalue weighted by Gasteiger charge is -2.18. The van der Waals surface area contributed by atoms with Crippen LogP contribution < -0.4 is 11.3 Å². The lowest BCUT2D eigenvalue weighted by molar-refractivity contribution is 0.552. The third-order valence-electron chi connectivity index (χ3n) is 2.82. The minimum Gasteiger partial charge on any atom is -0.271 e. The standard InChI is InChI=1S/C14H14BrClN2/c15-11-6-7-13(16)12(9-11)14(18-17)8-10-4-2-1-3-5-10/h1-7,9,14,18H,8,17H2. The van der Waals surface area contributed by atoms with Gasteiger partial charge in [-0.3, -0.25) is 11.3 Å². The fourth-order valence-electron chi connectivity index (χ4n) is 1.89. The van der Waals surface area contributed by atoms with Crippen LogP contribution in [-0.4, -0.2) is 0 Å². The van der Waals surface area contributed by atoms with Crippen molar-refractivity contribution in [3.05, 3.63) is 69.2 Å². The van der Waals surface area contributed by atoms with E-state index >= 15 is 0 Å². The van der Waals surface area contributed by atoms with Crippen molar-refractivity contribution in [1.82, 2.24) is 5.43 Å². The van der Waals surface area contributed by atoms with Crippen LogP contribution in [0.2, 0.25) is 5.02 Å². The van der Waals surface area contributed by atoms with Crippen LogP contribution in [0.15, 0.2) is 53.0 Å². The quantitative estimate of drug-likeness (QED) is 0.662. The summed E-state index contributed by atoms with van der Waals surface area (Å²) in [5.74, 6) is 5.65. The van der Waals surface area contributed by atoms with Gasteiger partial charge in [-0.1, -0.05) is 57.9 Å². The summed E-state index contributed by atoms with van der Waals surface area (Å²) in [6.07, 6.45) is 0.799. The Morgan fingerprint density at radius 3 is 2.56 bits per heavy atom. The van der Waals surface area contributed by atoms with E-state index in [0.717, 1.165) is 21.5 Å². The molecule has 4 heteroatoms. The second-order valence-electron chi connectivity index (χ2n) is 4.07. The van der Waals surface area contributed by atoms with Crippen molar-refractivity contribution in [2.45, 2.75) is 12.5 Å². The number of nitrogens with one attached hydrogen (secondary N) is 1. The number of nitrogens with two attached hydrogens (primary N) is 1. The average molecular weight is 326 g/mol. The minimum absolute atomic E-state index is 0.00241. The molecule has 0 aromatic heterocycles. The molecule has 1 atom stereocenters. The summed E-state index contributed by atoms with van der Waals surface area (Å²) in [6.45, 7) is 0. The topological polar surface area (TPSA) is 38.0 Å². The molecule has 94 valence electrons. The van der Waals surface area contributed by atoms with Crippen LogP contribution >= 0.6 is 27.5 Å². The van der Waals surface area contributed by atoms with Crippen LogP contribution in [0.25, 0.3) is 0 Å². The van der Waals surface area contributed by atoms with E-state index in [0.29, 0.717) is 0 Å². The van der Waals surface area contributed by atoms with Crippen LogP contribution in [0, 0.1) is 0 Å². The molecule has 2 rings (SSSR count). The molecule has 3 N–H and O–H groups in total. The van der Waals surface area contributed by atoms with Gasteiger partial charge < -0.3 is 0 Å². The molecule has 0 radical (unpaired) electrons. The van der Waals surface area contributed by atoms with Gasteiger partial charge in [0.2, 0.25) is 0 Å². The predicted octanol–water partition coefficient (Wildman–Crippen LogP) is 3.85. The van der Waals surface area contributed by atoms with Crippen LogP contribution in [-0.2, 0) is 6.42 Å². The molecule has 0 bridgehead atoms. The van der Waals surface area contributed by atoms with Crippen LogP contribution in [0.4, 0.5) is 0 Å². The molecule has 0 aliphatic carbocycles. The Morgan fingerprint density at radius 2 is 1.89 bits per heavy atom. The molecule has 2 aromatic rings. The molecule has 0 spiro atoms. The van der Waals surface area contributed by atoms with E-state index in [4.69, 9.17) is 17.4 Å². The van der Waals surface area contributed by atoms with Gasteiger partial charge in [0.1, 0.15) is 0 Å². The van der Waals surface area contributed by atoms with Gasteiger partial charge in [0.05, 0.1) is 6.04 Å². The first-order valence-corrected chi connectivity index (χ1v) is 6.83. The highest BCUT2D eigenvalue weighted by Gasteiger charge is 2.14. The van der Waals surface area contributed by atoms with E-state index in [2.05, 4.69) is 33.5 Å². The summed E-state index contributed by atoms with van der Waals surface area (Å²) in [6, 6.07) is 16.0. The zero-order valence-corrected chi connectivity index (χ0v) is 12.1. The third-order valence-corrected chi connectivity index (χ3v) is 3.65. The maximum atomic E-state index is 6.22. The van der Waals surface area contributed by atoms with Crippen molar-refractivity contribution in [2.24, 2.45) is 5.84 Å². The highest BCUT2D eigenvalue weighted by Crippen LogP contribution is 2.28. The summed E-state index contributed by atoms with van der Waals surface area (Å²) in [5, 5.41) is 0.720. The molecule has 0 saturated carbocycles. The molecule has 0 amide bonds. The summed E-state index contributed by atoms with van der Waals surface area (Å²) in [5.41, 5.74) is 5.05. The molecule has 0 heterocycles. The Morgan fingerprint density at radius 1 is 1.17 bits per heavy atom. The summed E-state index contributed by atoms with van der Waals surface area (Å²) in [4.78, 5) is 0. The van der Waals surface area contributed by atoms with E-state index in [1.165, 1.54) is 5.56 Å². The zero-order chi connectivity index (χ0) is 13.0. The first-order chi connectivity index (χ1) is 8.70. The van der Waals surface area contributed by atoms with Gasteiger partial charge in [-0.2, -0.15) is 0 Å². The Bertz CT molecular complexity index is 516. The number of hydrogen-bond donors (Lipinski definition) is 2. The molecule has 1 unspecified atom stereocenters. The third kappa shape index (κ3) is 3.33.